The van der Waals surface area contributed by atoms with E-state index in [1.807, 2.05) is 43.3 Å². The van der Waals surface area contributed by atoms with Crippen molar-refractivity contribution < 1.29 is 14.0 Å². The van der Waals surface area contributed by atoms with E-state index in [0.717, 1.165) is 5.56 Å². The Morgan fingerprint density at radius 2 is 1.71 bits per heavy atom. The third-order valence-corrected chi connectivity index (χ3v) is 5.09. The largest absolute Gasteiger partial charge is 0.339 e. The molecule has 0 unspecified atom stereocenters. The molecule has 2 aromatic carbocycles. The van der Waals surface area contributed by atoms with Crippen LogP contribution < -0.4 is 4.90 Å². The topological polar surface area (TPSA) is 40.6 Å². The van der Waals surface area contributed by atoms with Gasteiger partial charge in [0.2, 0.25) is 11.8 Å². The summed E-state index contributed by atoms with van der Waals surface area (Å²) in [6, 6.07) is 15.7. The lowest BCUT2D eigenvalue weighted by Crippen LogP contribution is -2.44. The smallest absolute Gasteiger partial charge is 0.246 e. The fraction of sp³-hybridized carbons (Fsp3) is 0.304. The van der Waals surface area contributed by atoms with Crippen LogP contribution >= 0.6 is 0 Å². The van der Waals surface area contributed by atoms with Crippen LogP contribution in [-0.2, 0) is 9.59 Å². The minimum atomic E-state index is -0.317. The Labute approximate surface area is 165 Å². The van der Waals surface area contributed by atoms with E-state index in [9.17, 15) is 14.0 Å². The van der Waals surface area contributed by atoms with Gasteiger partial charge in [0, 0.05) is 37.3 Å². The number of benzene rings is 2. The molecule has 28 heavy (non-hydrogen) atoms. The third kappa shape index (κ3) is 4.85. The SMILES string of the molecule is CCN(C(=O)C1CCN(C(=O)/C=C/c2ccccc2)CC1)c1ccc(F)cc1. The van der Waals surface area contributed by atoms with Crippen molar-refractivity contribution >= 4 is 23.6 Å². The van der Waals surface area contributed by atoms with Crippen molar-refractivity contribution in [3.05, 3.63) is 72.1 Å². The molecule has 0 bridgehead atoms. The van der Waals surface area contributed by atoms with E-state index in [-0.39, 0.29) is 23.5 Å². The second kappa shape index (κ2) is 9.31. The zero-order valence-corrected chi connectivity index (χ0v) is 16.1. The summed E-state index contributed by atoms with van der Waals surface area (Å²) in [5.41, 5.74) is 1.69. The van der Waals surface area contributed by atoms with Gasteiger partial charge in [0.05, 0.1) is 0 Å². The minimum Gasteiger partial charge on any atom is -0.339 e. The number of piperidine rings is 1. The standard InChI is InChI=1S/C23H25FN2O2/c1-2-26(21-11-9-20(24)10-12-21)23(28)19-14-16-25(17-15-19)22(27)13-8-18-6-4-3-5-7-18/h3-13,19H,2,14-17H2,1H3/b13-8+. The first-order valence-corrected chi connectivity index (χ1v) is 9.67. The third-order valence-electron chi connectivity index (χ3n) is 5.09. The lowest BCUT2D eigenvalue weighted by Gasteiger charge is -2.33. The number of hydrogen-bond acceptors (Lipinski definition) is 2. The van der Waals surface area contributed by atoms with E-state index in [1.165, 1.54) is 12.1 Å². The maximum absolute atomic E-state index is 13.2. The molecule has 2 aromatic rings. The molecular formula is C23H25FN2O2. The Bertz CT molecular complexity index is 825. The average Bonchev–Trinajstić information content (AvgIpc) is 2.74. The van der Waals surface area contributed by atoms with Crippen LogP contribution in [0.2, 0.25) is 0 Å². The number of halogens is 1. The van der Waals surface area contributed by atoms with Gasteiger partial charge < -0.3 is 9.80 Å². The van der Waals surface area contributed by atoms with Gasteiger partial charge in [-0.15, -0.1) is 0 Å². The molecular weight excluding hydrogens is 355 g/mol. The van der Waals surface area contributed by atoms with Gasteiger partial charge in [-0.05, 0) is 55.7 Å². The molecule has 5 heteroatoms. The van der Waals surface area contributed by atoms with Crippen LogP contribution in [0, 0.1) is 11.7 Å². The van der Waals surface area contributed by atoms with Crippen molar-refractivity contribution in [2.24, 2.45) is 5.92 Å². The van der Waals surface area contributed by atoms with Crippen LogP contribution in [0.25, 0.3) is 6.08 Å². The first-order chi connectivity index (χ1) is 13.6. The maximum atomic E-state index is 13.2. The van der Waals surface area contributed by atoms with Gasteiger partial charge in [0.1, 0.15) is 5.82 Å². The predicted octanol–water partition coefficient (Wildman–Crippen LogP) is 4.13. The lowest BCUT2D eigenvalue weighted by atomic mass is 9.95. The number of hydrogen-bond donors (Lipinski definition) is 0. The second-order valence-electron chi connectivity index (χ2n) is 6.90. The molecule has 1 saturated heterocycles. The van der Waals surface area contributed by atoms with Crippen molar-refractivity contribution in [3.8, 4) is 0 Å². The number of rotatable bonds is 5. The van der Waals surface area contributed by atoms with Gasteiger partial charge >= 0.3 is 0 Å². The second-order valence-corrected chi connectivity index (χ2v) is 6.90. The molecule has 1 aliphatic rings. The number of nitrogens with zero attached hydrogens (tertiary/aromatic N) is 2. The van der Waals surface area contributed by atoms with E-state index in [2.05, 4.69) is 0 Å². The number of amides is 2. The molecule has 0 radical (unpaired) electrons. The normalized spacial score (nSPS) is 15.0. The van der Waals surface area contributed by atoms with Crippen molar-refractivity contribution in [1.29, 1.82) is 0 Å². The number of anilines is 1. The number of carbonyl (C=O) groups excluding carboxylic acids is 2. The summed E-state index contributed by atoms with van der Waals surface area (Å²) in [5, 5.41) is 0. The highest BCUT2D eigenvalue weighted by molar-refractivity contribution is 5.95. The number of likely N-dealkylation sites (tertiary alicyclic amines) is 1. The van der Waals surface area contributed by atoms with Gasteiger partial charge in [-0.1, -0.05) is 30.3 Å². The Hall–Kier alpha value is -2.95. The molecule has 0 aliphatic carbocycles. The van der Waals surface area contributed by atoms with Crippen LogP contribution in [0.3, 0.4) is 0 Å². The van der Waals surface area contributed by atoms with Crippen molar-refractivity contribution in [2.75, 3.05) is 24.5 Å². The Kier molecular flexibility index (Phi) is 6.58. The first kappa shape index (κ1) is 19.8. The molecule has 0 atom stereocenters. The van der Waals surface area contributed by atoms with E-state index < -0.39 is 0 Å². The monoisotopic (exact) mass is 380 g/mol. The fourth-order valence-corrected chi connectivity index (χ4v) is 3.49. The summed E-state index contributed by atoms with van der Waals surface area (Å²) in [6.07, 6.45) is 4.68. The summed E-state index contributed by atoms with van der Waals surface area (Å²) in [4.78, 5) is 28.8. The molecule has 3 rings (SSSR count). The molecule has 1 heterocycles. The highest BCUT2D eigenvalue weighted by Crippen LogP contribution is 2.24. The summed E-state index contributed by atoms with van der Waals surface area (Å²) in [6.45, 7) is 3.57. The van der Waals surface area contributed by atoms with Gasteiger partial charge in [0.25, 0.3) is 0 Å². The van der Waals surface area contributed by atoms with Gasteiger partial charge in [0.15, 0.2) is 0 Å². The van der Waals surface area contributed by atoms with Crippen LogP contribution in [0.4, 0.5) is 10.1 Å². The molecule has 4 nitrogen and oxygen atoms in total. The van der Waals surface area contributed by atoms with Crippen LogP contribution in [0.1, 0.15) is 25.3 Å². The predicted molar refractivity (Wildman–Crippen MR) is 109 cm³/mol. The molecule has 1 aliphatic heterocycles. The molecule has 146 valence electrons. The van der Waals surface area contributed by atoms with E-state index >= 15 is 0 Å². The number of carbonyl (C=O) groups is 2. The molecule has 2 amide bonds. The first-order valence-electron chi connectivity index (χ1n) is 9.67. The highest BCUT2D eigenvalue weighted by atomic mass is 19.1. The van der Waals surface area contributed by atoms with Crippen LogP contribution in [0.5, 0.6) is 0 Å². The van der Waals surface area contributed by atoms with Crippen molar-refractivity contribution in [3.63, 3.8) is 0 Å². The Morgan fingerprint density at radius 3 is 2.32 bits per heavy atom. The zero-order chi connectivity index (χ0) is 19.9. The molecule has 0 saturated carbocycles. The summed E-state index contributed by atoms with van der Waals surface area (Å²) >= 11 is 0. The lowest BCUT2D eigenvalue weighted by molar-refractivity contribution is -0.130. The highest BCUT2D eigenvalue weighted by Gasteiger charge is 2.29. The van der Waals surface area contributed by atoms with Crippen molar-refractivity contribution in [1.82, 2.24) is 4.90 Å². The van der Waals surface area contributed by atoms with Crippen molar-refractivity contribution in [2.45, 2.75) is 19.8 Å². The van der Waals surface area contributed by atoms with E-state index in [4.69, 9.17) is 0 Å². The minimum absolute atomic E-state index is 0.0272. The molecule has 0 N–H and O–H groups in total. The van der Waals surface area contributed by atoms with E-state index in [0.29, 0.717) is 38.2 Å². The molecule has 1 fully saturated rings. The summed E-state index contributed by atoms with van der Waals surface area (Å²) < 4.78 is 13.2. The van der Waals surface area contributed by atoms with E-state index in [1.54, 1.807) is 28.0 Å². The van der Waals surface area contributed by atoms with Gasteiger partial charge in [-0.2, -0.15) is 0 Å². The summed E-state index contributed by atoms with van der Waals surface area (Å²) in [7, 11) is 0. The Balaban J connectivity index is 1.56. The summed E-state index contributed by atoms with van der Waals surface area (Å²) in [5.74, 6) is -0.420. The zero-order valence-electron chi connectivity index (χ0n) is 16.1. The maximum Gasteiger partial charge on any atom is 0.246 e. The quantitative estimate of drug-likeness (QED) is 0.732. The molecule has 0 spiro atoms. The van der Waals surface area contributed by atoms with Gasteiger partial charge in [-0.3, -0.25) is 9.59 Å². The van der Waals surface area contributed by atoms with Gasteiger partial charge in [-0.25, -0.2) is 4.39 Å². The fourth-order valence-electron chi connectivity index (χ4n) is 3.49. The van der Waals surface area contributed by atoms with Crippen LogP contribution in [0.15, 0.2) is 60.7 Å². The average molecular weight is 380 g/mol. The molecule has 0 aromatic heterocycles. The van der Waals surface area contributed by atoms with Crippen LogP contribution in [-0.4, -0.2) is 36.3 Å². The Morgan fingerprint density at radius 1 is 1.07 bits per heavy atom.